The maximum Gasteiger partial charge on any atom is 0.228 e. The minimum absolute atomic E-state index is 0.0750. The largest absolute Gasteiger partial charge is 0.349 e. The number of hydrogen-bond donors (Lipinski definition) is 2. The standard InChI is InChI=1S/C18H28N2O/c1-3-16(15-7-5-4-6-8-15)17(21)20-18(13-19)11-9-14(2)10-12-18/h4-8,14,16H,3,9-13,19H2,1-2H3,(H,20,21). The fraction of sp³-hybridized carbons (Fsp3) is 0.611. The molecule has 1 fully saturated rings. The minimum atomic E-state index is -0.189. The Morgan fingerprint density at radius 2 is 1.95 bits per heavy atom. The van der Waals surface area contributed by atoms with Crippen LogP contribution < -0.4 is 11.1 Å². The van der Waals surface area contributed by atoms with E-state index in [0.717, 1.165) is 43.6 Å². The van der Waals surface area contributed by atoms with Gasteiger partial charge in [0.25, 0.3) is 0 Å². The van der Waals surface area contributed by atoms with E-state index in [1.165, 1.54) is 0 Å². The highest BCUT2D eigenvalue weighted by molar-refractivity contribution is 5.84. The summed E-state index contributed by atoms with van der Waals surface area (Å²) < 4.78 is 0. The van der Waals surface area contributed by atoms with Crippen molar-refractivity contribution >= 4 is 5.91 Å². The first-order chi connectivity index (χ1) is 10.1. The maximum atomic E-state index is 12.7. The van der Waals surface area contributed by atoms with Crippen LogP contribution in [0.5, 0.6) is 0 Å². The van der Waals surface area contributed by atoms with Crippen molar-refractivity contribution in [2.45, 2.75) is 57.4 Å². The topological polar surface area (TPSA) is 55.1 Å². The summed E-state index contributed by atoms with van der Waals surface area (Å²) in [6, 6.07) is 10.0. The van der Waals surface area contributed by atoms with Crippen LogP contribution in [0.15, 0.2) is 30.3 Å². The SMILES string of the molecule is CCC(C(=O)NC1(CN)CCC(C)CC1)c1ccccc1. The van der Waals surface area contributed by atoms with Crippen LogP contribution in [-0.2, 0) is 4.79 Å². The van der Waals surface area contributed by atoms with E-state index in [1.807, 2.05) is 30.3 Å². The molecule has 1 aliphatic rings. The molecule has 21 heavy (non-hydrogen) atoms. The molecule has 116 valence electrons. The molecule has 0 heterocycles. The first kappa shape index (κ1) is 16.0. The van der Waals surface area contributed by atoms with Crippen LogP contribution in [0, 0.1) is 5.92 Å². The van der Waals surface area contributed by atoms with E-state index in [4.69, 9.17) is 5.73 Å². The summed E-state index contributed by atoms with van der Waals surface area (Å²) in [4.78, 5) is 12.7. The maximum absolute atomic E-state index is 12.7. The number of benzene rings is 1. The van der Waals surface area contributed by atoms with E-state index in [-0.39, 0.29) is 17.4 Å². The van der Waals surface area contributed by atoms with Gasteiger partial charge in [-0.25, -0.2) is 0 Å². The molecule has 0 aromatic heterocycles. The van der Waals surface area contributed by atoms with Crippen molar-refractivity contribution in [3.05, 3.63) is 35.9 Å². The number of nitrogens with two attached hydrogens (primary N) is 1. The molecule has 3 N–H and O–H groups in total. The Morgan fingerprint density at radius 3 is 2.48 bits per heavy atom. The van der Waals surface area contributed by atoms with Crippen molar-refractivity contribution < 1.29 is 4.79 Å². The summed E-state index contributed by atoms with van der Waals surface area (Å²) in [6.45, 7) is 4.88. The highest BCUT2D eigenvalue weighted by atomic mass is 16.2. The normalized spacial score (nSPS) is 27.1. The van der Waals surface area contributed by atoms with Gasteiger partial charge in [-0.3, -0.25) is 4.79 Å². The first-order valence-electron chi connectivity index (χ1n) is 8.17. The second-order valence-electron chi connectivity index (χ2n) is 6.53. The monoisotopic (exact) mass is 288 g/mol. The summed E-state index contributed by atoms with van der Waals surface area (Å²) in [5.41, 5.74) is 6.90. The van der Waals surface area contributed by atoms with E-state index < -0.39 is 0 Å². The molecule has 1 saturated carbocycles. The molecule has 0 bridgehead atoms. The summed E-state index contributed by atoms with van der Waals surface area (Å²) in [5.74, 6) is 0.801. The van der Waals surface area contributed by atoms with Crippen molar-refractivity contribution in [2.75, 3.05) is 6.54 Å². The van der Waals surface area contributed by atoms with Gasteiger partial charge in [-0.15, -0.1) is 0 Å². The number of rotatable bonds is 5. The molecule has 0 aliphatic heterocycles. The molecule has 1 aromatic carbocycles. The van der Waals surface area contributed by atoms with E-state index in [9.17, 15) is 4.79 Å². The molecular formula is C18H28N2O. The number of nitrogens with one attached hydrogen (secondary N) is 1. The minimum Gasteiger partial charge on any atom is -0.349 e. The Morgan fingerprint density at radius 1 is 1.33 bits per heavy atom. The van der Waals surface area contributed by atoms with Gasteiger partial charge in [0.2, 0.25) is 5.91 Å². The van der Waals surface area contributed by atoms with E-state index >= 15 is 0 Å². The lowest BCUT2D eigenvalue weighted by Crippen LogP contribution is -2.56. The van der Waals surface area contributed by atoms with Crippen molar-refractivity contribution in [2.24, 2.45) is 11.7 Å². The third-order valence-corrected chi connectivity index (χ3v) is 4.94. The Kier molecular flexibility index (Phi) is 5.40. The van der Waals surface area contributed by atoms with Crippen LogP contribution in [-0.4, -0.2) is 18.0 Å². The van der Waals surface area contributed by atoms with Gasteiger partial charge in [-0.2, -0.15) is 0 Å². The quantitative estimate of drug-likeness (QED) is 0.874. The molecule has 3 nitrogen and oxygen atoms in total. The second-order valence-corrected chi connectivity index (χ2v) is 6.53. The predicted octanol–water partition coefficient (Wildman–Crippen LogP) is 3.20. The van der Waals surface area contributed by atoms with Crippen LogP contribution >= 0.6 is 0 Å². The van der Waals surface area contributed by atoms with Gasteiger partial charge in [0.15, 0.2) is 0 Å². The van der Waals surface area contributed by atoms with Gasteiger partial charge in [-0.05, 0) is 43.6 Å². The molecule has 1 atom stereocenters. The fourth-order valence-corrected chi connectivity index (χ4v) is 3.30. The van der Waals surface area contributed by atoms with Gasteiger partial charge in [0, 0.05) is 6.54 Å². The summed E-state index contributed by atoms with van der Waals surface area (Å²) >= 11 is 0. The summed E-state index contributed by atoms with van der Waals surface area (Å²) in [5, 5.41) is 3.29. The Balaban J connectivity index is 2.08. The number of carbonyl (C=O) groups excluding carboxylic acids is 1. The van der Waals surface area contributed by atoms with Crippen LogP contribution in [0.25, 0.3) is 0 Å². The molecule has 1 amide bonds. The van der Waals surface area contributed by atoms with Gasteiger partial charge in [-0.1, -0.05) is 44.2 Å². The average molecular weight is 288 g/mol. The summed E-state index contributed by atoms with van der Waals surface area (Å²) in [6.07, 6.45) is 5.12. The zero-order valence-corrected chi connectivity index (χ0v) is 13.3. The van der Waals surface area contributed by atoms with Crippen molar-refractivity contribution in [3.8, 4) is 0 Å². The second kappa shape index (κ2) is 7.08. The molecule has 1 aliphatic carbocycles. The van der Waals surface area contributed by atoms with E-state index in [2.05, 4.69) is 19.2 Å². The third kappa shape index (κ3) is 3.85. The van der Waals surface area contributed by atoms with Crippen LogP contribution in [0.1, 0.15) is 57.4 Å². The average Bonchev–Trinajstić information content (AvgIpc) is 2.52. The van der Waals surface area contributed by atoms with Crippen molar-refractivity contribution in [1.82, 2.24) is 5.32 Å². The lowest BCUT2D eigenvalue weighted by atomic mass is 9.76. The Hall–Kier alpha value is -1.35. The lowest BCUT2D eigenvalue weighted by molar-refractivity contribution is -0.125. The predicted molar refractivity (Wildman–Crippen MR) is 87.0 cm³/mol. The third-order valence-electron chi connectivity index (χ3n) is 4.94. The van der Waals surface area contributed by atoms with Gasteiger partial charge >= 0.3 is 0 Å². The van der Waals surface area contributed by atoms with Gasteiger partial charge < -0.3 is 11.1 Å². The smallest absolute Gasteiger partial charge is 0.228 e. The molecule has 0 spiro atoms. The van der Waals surface area contributed by atoms with Crippen LogP contribution in [0.2, 0.25) is 0 Å². The molecule has 3 heteroatoms. The van der Waals surface area contributed by atoms with E-state index in [0.29, 0.717) is 6.54 Å². The lowest BCUT2D eigenvalue weighted by Gasteiger charge is -2.40. The first-order valence-corrected chi connectivity index (χ1v) is 8.17. The number of carbonyl (C=O) groups is 1. The van der Waals surface area contributed by atoms with Crippen LogP contribution in [0.4, 0.5) is 0 Å². The van der Waals surface area contributed by atoms with Crippen molar-refractivity contribution in [1.29, 1.82) is 0 Å². The van der Waals surface area contributed by atoms with Gasteiger partial charge in [0.05, 0.1) is 11.5 Å². The van der Waals surface area contributed by atoms with Crippen molar-refractivity contribution in [3.63, 3.8) is 0 Å². The Bertz CT molecular complexity index is 450. The summed E-state index contributed by atoms with van der Waals surface area (Å²) in [7, 11) is 0. The molecule has 0 saturated heterocycles. The van der Waals surface area contributed by atoms with Crippen LogP contribution in [0.3, 0.4) is 0 Å². The van der Waals surface area contributed by atoms with Gasteiger partial charge in [0.1, 0.15) is 0 Å². The fourth-order valence-electron chi connectivity index (χ4n) is 3.30. The highest BCUT2D eigenvalue weighted by Gasteiger charge is 2.35. The Labute approximate surface area is 128 Å². The number of amides is 1. The molecule has 1 unspecified atom stereocenters. The zero-order valence-electron chi connectivity index (χ0n) is 13.3. The van der Waals surface area contributed by atoms with E-state index in [1.54, 1.807) is 0 Å². The zero-order chi connectivity index (χ0) is 15.3. The molecule has 0 radical (unpaired) electrons. The molecule has 2 rings (SSSR count). The molecule has 1 aromatic rings. The highest BCUT2D eigenvalue weighted by Crippen LogP contribution is 2.32. The molecular weight excluding hydrogens is 260 g/mol. The number of hydrogen-bond acceptors (Lipinski definition) is 2.